The molecule has 3 N–H and O–H groups in total. The minimum Gasteiger partial charge on any atom is -0.508 e. The summed E-state index contributed by atoms with van der Waals surface area (Å²) in [6.45, 7) is 0.679. The number of aromatic hydroxyl groups is 1. The molecular formula is C12H19NO3. The van der Waals surface area contributed by atoms with E-state index in [-0.39, 0.29) is 5.75 Å². The van der Waals surface area contributed by atoms with E-state index in [1.807, 2.05) is 0 Å². The quantitative estimate of drug-likeness (QED) is 0.723. The molecule has 0 heterocycles. The zero-order chi connectivity index (χ0) is 12.0. The molecule has 0 aliphatic carbocycles. The lowest BCUT2D eigenvalue weighted by molar-refractivity contribution is 0.347. The number of hydrogen-bond acceptors (Lipinski definition) is 4. The van der Waals surface area contributed by atoms with Crippen molar-refractivity contribution in [3.63, 3.8) is 0 Å². The highest BCUT2D eigenvalue weighted by Crippen LogP contribution is 2.35. The number of methoxy groups -OCH3 is 2. The highest BCUT2D eigenvalue weighted by atomic mass is 16.5. The molecule has 0 spiro atoms. The van der Waals surface area contributed by atoms with Gasteiger partial charge in [0.1, 0.15) is 5.75 Å². The number of phenols is 1. The van der Waals surface area contributed by atoms with E-state index in [4.69, 9.17) is 15.2 Å². The summed E-state index contributed by atoms with van der Waals surface area (Å²) in [5.74, 6) is 1.45. The predicted octanol–water partition coefficient (Wildman–Crippen LogP) is 1.69. The Morgan fingerprint density at radius 1 is 1.19 bits per heavy atom. The second-order valence-corrected chi connectivity index (χ2v) is 3.59. The third kappa shape index (κ3) is 3.03. The molecule has 0 saturated heterocycles. The molecule has 90 valence electrons. The van der Waals surface area contributed by atoms with Crippen molar-refractivity contribution in [2.75, 3.05) is 20.8 Å². The van der Waals surface area contributed by atoms with E-state index in [1.165, 1.54) is 0 Å². The number of nitrogens with two attached hydrogens (primary N) is 1. The normalized spacial score (nSPS) is 10.2. The van der Waals surface area contributed by atoms with Gasteiger partial charge in [-0.3, -0.25) is 0 Å². The lowest BCUT2D eigenvalue weighted by Gasteiger charge is -2.13. The first-order valence-electron chi connectivity index (χ1n) is 5.36. The lowest BCUT2D eigenvalue weighted by atomic mass is 10.1. The fraction of sp³-hybridized carbons (Fsp3) is 0.500. The summed E-state index contributed by atoms with van der Waals surface area (Å²) in [7, 11) is 3.16. The maximum atomic E-state index is 9.54. The van der Waals surface area contributed by atoms with Crippen LogP contribution in [0.3, 0.4) is 0 Å². The first-order valence-corrected chi connectivity index (χ1v) is 5.36. The monoisotopic (exact) mass is 225 g/mol. The number of benzene rings is 1. The maximum absolute atomic E-state index is 9.54. The zero-order valence-corrected chi connectivity index (χ0v) is 9.82. The van der Waals surface area contributed by atoms with Gasteiger partial charge in [-0.2, -0.15) is 0 Å². The Morgan fingerprint density at radius 2 is 1.94 bits per heavy atom. The van der Waals surface area contributed by atoms with Crippen LogP contribution in [0.2, 0.25) is 0 Å². The molecule has 1 rings (SSSR count). The zero-order valence-electron chi connectivity index (χ0n) is 9.82. The summed E-state index contributed by atoms with van der Waals surface area (Å²) >= 11 is 0. The SMILES string of the molecule is COc1cc(O)cc(CCCCN)c1OC. The van der Waals surface area contributed by atoms with Gasteiger partial charge in [0.15, 0.2) is 11.5 Å². The Labute approximate surface area is 96.0 Å². The van der Waals surface area contributed by atoms with Gasteiger partial charge >= 0.3 is 0 Å². The average Bonchev–Trinajstić information content (AvgIpc) is 2.28. The Balaban J connectivity index is 2.91. The van der Waals surface area contributed by atoms with Gasteiger partial charge in [-0.15, -0.1) is 0 Å². The Morgan fingerprint density at radius 3 is 2.50 bits per heavy atom. The van der Waals surface area contributed by atoms with E-state index < -0.39 is 0 Å². The Bertz CT molecular complexity index is 339. The van der Waals surface area contributed by atoms with Crippen molar-refractivity contribution in [3.05, 3.63) is 17.7 Å². The van der Waals surface area contributed by atoms with Crippen LogP contribution in [0, 0.1) is 0 Å². The van der Waals surface area contributed by atoms with Crippen molar-refractivity contribution in [1.82, 2.24) is 0 Å². The molecule has 0 aromatic heterocycles. The summed E-state index contributed by atoms with van der Waals surface area (Å²) in [6.07, 6.45) is 2.76. The van der Waals surface area contributed by atoms with E-state index in [0.717, 1.165) is 24.8 Å². The van der Waals surface area contributed by atoms with Crippen LogP contribution in [0.4, 0.5) is 0 Å². The predicted molar refractivity (Wildman–Crippen MR) is 63.2 cm³/mol. The molecule has 0 aliphatic heterocycles. The summed E-state index contributed by atoms with van der Waals surface area (Å²) in [4.78, 5) is 0. The van der Waals surface area contributed by atoms with Crippen LogP contribution in [0.5, 0.6) is 17.2 Å². The van der Waals surface area contributed by atoms with Crippen LogP contribution in [0.15, 0.2) is 12.1 Å². The summed E-state index contributed by atoms with van der Waals surface area (Å²) in [6, 6.07) is 3.25. The van der Waals surface area contributed by atoms with E-state index in [9.17, 15) is 5.11 Å². The molecule has 4 heteroatoms. The average molecular weight is 225 g/mol. The van der Waals surface area contributed by atoms with Crippen LogP contribution < -0.4 is 15.2 Å². The summed E-state index contributed by atoms with van der Waals surface area (Å²) in [5, 5.41) is 9.54. The third-order valence-electron chi connectivity index (χ3n) is 2.44. The van der Waals surface area contributed by atoms with Gasteiger partial charge in [-0.1, -0.05) is 0 Å². The van der Waals surface area contributed by atoms with E-state index >= 15 is 0 Å². The van der Waals surface area contributed by atoms with Gasteiger partial charge in [0, 0.05) is 11.6 Å². The standard InChI is InChI=1S/C12H19NO3/c1-15-11-8-10(14)7-9(12(11)16-2)5-3-4-6-13/h7-8,14H,3-6,13H2,1-2H3. The van der Waals surface area contributed by atoms with Crippen LogP contribution in [0.25, 0.3) is 0 Å². The van der Waals surface area contributed by atoms with E-state index in [0.29, 0.717) is 18.0 Å². The van der Waals surface area contributed by atoms with Gasteiger partial charge in [-0.05, 0) is 31.9 Å². The van der Waals surface area contributed by atoms with Gasteiger partial charge in [0.05, 0.1) is 14.2 Å². The number of aryl methyl sites for hydroxylation is 1. The number of unbranched alkanes of at least 4 members (excludes halogenated alkanes) is 1. The smallest absolute Gasteiger partial charge is 0.164 e. The van der Waals surface area contributed by atoms with Crippen molar-refractivity contribution in [2.45, 2.75) is 19.3 Å². The summed E-state index contributed by atoms with van der Waals surface area (Å²) in [5.41, 5.74) is 6.40. The Kier molecular flexibility index (Phi) is 4.92. The molecule has 0 bridgehead atoms. The molecule has 0 fully saturated rings. The second kappa shape index (κ2) is 6.23. The molecule has 1 aromatic rings. The first-order chi connectivity index (χ1) is 7.72. The molecule has 0 atom stereocenters. The second-order valence-electron chi connectivity index (χ2n) is 3.59. The molecule has 1 aromatic carbocycles. The minimum atomic E-state index is 0.195. The first kappa shape index (κ1) is 12.6. The lowest BCUT2D eigenvalue weighted by Crippen LogP contribution is -2.00. The van der Waals surface area contributed by atoms with Gasteiger partial charge < -0.3 is 20.3 Å². The molecule has 0 saturated carbocycles. The van der Waals surface area contributed by atoms with Gasteiger partial charge in [0.2, 0.25) is 0 Å². The molecule has 4 nitrogen and oxygen atoms in total. The van der Waals surface area contributed by atoms with Crippen molar-refractivity contribution in [3.8, 4) is 17.2 Å². The van der Waals surface area contributed by atoms with Crippen molar-refractivity contribution in [2.24, 2.45) is 5.73 Å². The fourth-order valence-corrected chi connectivity index (χ4v) is 1.67. The number of phenolic OH excluding ortho intramolecular Hbond substituents is 1. The minimum absolute atomic E-state index is 0.195. The highest BCUT2D eigenvalue weighted by molar-refractivity contribution is 5.51. The molecule has 0 radical (unpaired) electrons. The molecule has 0 unspecified atom stereocenters. The van der Waals surface area contributed by atoms with Crippen LogP contribution in [-0.4, -0.2) is 25.9 Å². The number of ether oxygens (including phenoxy) is 2. The van der Waals surface area contributed by atoms with Crippen molar-refractivity contribution >= 4 is 0 Å². The fourth-order valence-electron chi connectivity index (χ4n) is 1.67. The molecule has 16 heavy (non-hydrogen) atoms. The van der Waals surface area contributed by atoms with E-state index in [2.05, 4.69) is 0 Å². The molecular weight excluding hydrogens is 206 g/mol. The van der Waals surface area contributed by atoms with Crippen LogP contribution >= 0.6 is 0 Å². The van der Waals surface area contributed by atoms with Crippen molar-refractivity contribution in [1.29, 1.82) is 0 Å². The molecule has 0 aliphatic rings. The van der Waals surface area contributed by atoms with E-state index in [1.54, 1.807) is 26.4 Å². The topological polar surface area (TPSA) is 64.7 Å². The van der Waals surface area contributed by atoms with Crippen LogP contribution in [-0.2, 0) is 6.42 Å². The highest BCUT2D eigenvalue weighted by Gasteiger charge is 2.11. The van der Waals surface area contributed by atoms with Gasteiger partial charge in [0.25, 0.3) is 0 Å². The summed E-state index contributed by atoms with van der Waals surface area (Å²) < 4.78 is 10.4. The maximum Gasteiger partial charge on any atom is 0.164 e. The van der Waals surface area contributed by atoms with Crippen molar-refractivity contribution < 1.29 is 14.6 Å². The van der Waals surface area contributed by atoms with Crippen LogP contribution in [0.1, 0.15) is 18.4 Å². The van der Waals surface area contributed by atoms with Gasteiger partial charge in [-0.25, -0.2) is 0 Å². The molecule has 0 amide bonds. The Hall–Kier alpha value is -1.42. The number of rotatable bonds is 6. The third-order valence-corrected chi connectivity index (χ3v) is 2.44. The largest absolute Gasteiger partial charge is 0.508 e. The number of hydrogen-bond donors (Lipinski definition) is 2.